The van der Waals surface area contributed by atoms with Crippen LogP contribution in [0.15, 0.2) is 36.6 Å². The van der Waals surface area contributed by atoms with Gasteiger partial charge in [-0.05, 0) is 13.0 Å². The molecule has 1 N–H and O–H groups in total. The number of allylic oxidation sites excluding steroid dienone is 4. The average molecular weight is 139 g/mol. The number of hydrogen-bond acceptors (Lipinski definition) is 2. The Kier molecular flexibility index (Phi) is 4.33. The molecule has 0 atom stereocenters. The molecule has 0 amide bonds. The molecule has 0 radical (unpaired) electrons. The lowest BCUT2D eigenvalue weighted by Gasteiger charge is -2.07. The summed E-state index contributed by atoms with van der Waals surface area (Å²) in [6.07, 6.45) is 7.31. The SMILES string of the molecule is C=C(/C=C\C=C/C)N(C)O. The summed E-state index contributed by atoms with van der Waals surface area (Å²) in [5.41, 5.74) is 0.568. The Labute approximate surface area is 61.7 Å². The predicted octanol–water partition coefficient (Wildman–Crippen LogP) is 1.95. The molecule has 0 aliphatic rings. The summed E-state index contributed by atoms with van der Waals surface area (Å²) in [6.45, 7) is 5.51. The van der Waals surface area contributed by atoms with Gasteiger partial charge in [-0.2, -0.15) is 0 Å². The molecule has 2 nitrogen and oxygen atoms in total. The molecule has 10 heavy (non-hydrogen) atoms. The van der Waals surface area contributed by atoms with Gasteiger partial charge in [-0.25, -0.2) is 0 Å². The predicted molar refractivity (Wildman–Crippen MR) is 42.6 cm³/mol. The lowest BCUT2D eigenvalue weighted by atomic mass is 10.4. The highest BCUT2D eigenvalue weighted by atomic mass is 16.5. The summed E-state index contributed by atoms with van der Waals surface area (Å²) in [5, 5.41) is 9.75. The molecule has 0 aliphatic carbocycles. The summed E-state index contributed by atoms with van der Waals surface area (Å²) in [7, 11) is 1.53. The van der Waals surface area contributed by atoms with Crippen molar-refractivity contribution in [2.24, 2.45) is 0 Å². The van der Waals surface area contributed by atoms with Gasteiger partial charge in [0.15, 0.2) is 0 Å². The summed E-state index contributed by atoms with van der Waals surface area (Å²) in [5.74, 6) is 0. The van der Waals surface area contributed by atoms with E-state index in [-0.39, 0.29) is 0 Å². The average Bonchev–Trinajstić information content (AvgIpc) is 1.88. The van der Waals surface area contributed by atoms with Crippen molar-refractivity contribution in [1.29, 1.82) is 0 Å². The van der Waals surface area contributed by atoms with E-state index in [2.05, 4.69) is 6.58 Å². The van der Waals surface area contributed by atoms with Gasteiger partial charge in [-0.1, -0.05) is 24.8 Å². The molecule has 0 rings (SSSR count). The van der Waals surface area contributed by atoms with E-state index in [1.54, 1.807) is 6.08 Å². The van der Waals surface area contributed by atoms with E-state index < -0.39 is 0 Å². The zero-order chi connectivity index (χ0) is 7.98. The van der Waals surface area contributed by atoms with E-state index in [0.29, 0.717) is 5.70 Å². The second-order valence-electron chi connectivity index (χ2n) is 1.90. The first-order chi connectivity index (χ1) is 4.68. The normalized spacial score (nSPS) is 11.1. The number of rotatable bonds is 3. The van der Waals surface area contributed by atoms with Crippen LogP contribution < -0.4 is 0 Å². The molecule has 0 unspecified atom stereocenters. The van der Waals surface area contributed by atoms with E-state index >= 15 is 0 Å². The third-order valence-corrected chi connectivity index (χ3v) is 1.01. The zero-order valence-corrected chi connectivity index (χ0v) is 6.41. The first-order valence-corrected chi connectivity index (χ1v) is 3.09. The van der Waals surface area contributed by atoms with Gasteiger partial charge in [0.25, 0.3) is 0 Å². The number of nitrogens with zero attached hydrogens (tertiary/aromatic N) is 1. The second kappa shape index (κ2) is 4.82. The molecule has 0 fully saturated rings. The Morgan fingerprint density at radius 3 is 2.50 bits per heavy atom. The Bertz CT molecular complexity index is 157. The van der Waals surface area contributed by atoms with Crippen LogP contribution in [0.4, 0.5) is 0 Å². The molecule has 0 saturated heterocycles. The van der Waals surface area contributed by atoms with E-state index in [4.69, 9.17) is 5.21 Å². The van der Waals surface area contributed by atoms with Crippen molar-refractivity contribution in [2.75, 3.05) is 7.05 Å². The molecule has 0 spiro atoms. The maximum atomic E-state index is 8.78. The first-order valence-electron chi connectivity index (χ1n) is 3.09. The molecule has 0 saturated carbocycles. The molecule has 56 valence electrons. The van der Waals surface area contributed by atoms with Gasteiger partial charge in [0.2, 0.25) is 0 Å². The lowest BCUT2D eigenvalue weighted by molar-refractivity contribution is -0.0231. The zero-order valence-electron chi connectivity index (χ0n) is 6.41. The number of hydrogen-bond donors (Lipinski definition) is 1. The molecule has 0 aromatic carbocycles. The molecule has 0 heterocycles. The van der Waals surface area contributed by atoms with Crippen LogP contribution in [0.1, 0.15) is 6.92 Å². The van der Waals surface area contributed by atoms with Crippen LogP contribution in [0.5, 0.6) is 0 Å². The second-order valence-corrected chi connectivity index (χ2v) is 1.90. The molecule has 0 bridgehead atoms. The minimum Gasteiger partial charge on any atom is -0.289 e. The summed E-state index contributed by atoms with van der Waals surface area (Å²) >= 11 is 0. The molecular weight excluding hydrogens is 126 g/mol. The molecule has 2 heteroatoms. The third kappa shape index (κ3) is 3.92. The standard InChI is InChI=1S/C8H13NO/c1-4-5-6-7-8(2)9(3)10/h4-7,10H,2H2,1,3H3/b5-4-,7-6-. The van der Waals surface area contributed by atoms with Crippen molar-refractivity contribution in [3.8, 4) is 0 Å². The van der Waals surface area contributed by atoms with Crippen molar-refractivity contribution in [3.63, 3.8) is 0 Å². The van der Waals surface area contributed by atoms with Crippen LogP contribution in [0.2, 0.25) is 0 Å². The van der Waals surface area contributed by atoms with Gasteiger partial charge in [0.1, 0.15) is 0 Å². The molecular formula is C8H13NO. The van der Waals surface area contributed by atoms with E-state index in [1.165, 1.54) is 7.05 Å². The van der Waals surface area contributed by atoms with Crippen molar-refractivity contribution < 1.29 is 5.21 Å². The first kappa shape index (κ1) is 8.98. The summed E-state index contributed by atoms with van der Waals surface area (Å²) in [4.78, 5) is 0. The van der Waals surface area contributed by atoms with E-state index in [1.807, 2.05) is 25.2 Å². The highest BCUT2D eigenvalue weighted by molar-refractivity contribution is 5.16. The molecule has 0 aliphatic heterocycles. The molecule has 0 aromatic rings. The number of hydroxylamine groups is 2. The fourth-order valence-electron chi connectivity index (χ4n) is 0.386. The maximum Gasteiger partial charge on any atom is 0.0559 e. The highest BCUT2D eigenvalue weighted by Gasteiger charge is 1.87. The van der Waals surface area contributed by atoms with Crippen LogP contribution in [-0.2, 0) is 0 Å². The monoisotopic (exact) mass is 139 g/mol. The van der Waals surface area contributed by atoms with Gasteiger partial charge in [-0.15, -0.1) is 0 Å². The minimum atomic E-state index is 0.568. The molecule has 0 aromatic heterocycles. The smallest absolute Gasteiger partial charge is 0.0559 e. The Morgan fingerprint density at radius 2 is 2.10 bits per heavy atom. The third-order valence-electron chi connectivity index (χ3n) is 1.01. The Balaban J connectivity index is 3.78. The van der Waals surface area contributed by atoms with Crippen LogP contribution in [-0.4, -0.2) is 17.3 Å². The van der Waals surface area contributed by atoms with Crippen LogP contribution in [0.3, 0.4) is 0 Å². The van der Waals surface area contributed by atoms with Crippen molar-refractivity contribution in [1.82, 2.24) is 5.06 Å². The van der Waals surface area contributed by atoms with Crippen LogP contribution >= 0.6 is 0 Å². The minimum absolute atomic E-state index is 0.568. The lowest BCUT2D eigenvalue weighted by Crippen LogP contribution is -2.08. The van der Waals surface area contributed by atoms with E-state index in [9.17, 15) is 0 Å². The highest BCUT2D eigenvalue weighted by Crippen LogP contribution is 1.95. The summed E-state index contributed by atoms with van der Waals surface area (Å²) < 4.78 is 0. The fraction of sp³-hybridized carbons (Fsp3) is 0.250. The van der Waals surface area contributed by atoms with Gasteiger partial charge in [-0.3, -0.25) is 10.3 Å². The quantitative estimate of drug-likeness (QED) is 0.477. The maximum absolute atomic E-state index is 8.78. The fourth-order valence-corrected chi connectivity index (χ4v) is 0.386. The van der Waals surface area contributed by atoms with Gasteiger partial charge >= 0.3 is 0 Å². The van der Waals surface area contributed by atoms with Gasteiger partial charge in [0.05, 0.1) is 5.70 Å². The van der Waals surface area contributed by atoms with Gasteiger partial charge < -0.3 is 0 Å². The van der Waals surface area contributed by atoms with Gasteiger partial charge in [0, 0.05) is 7.05 Å². The Morgan fingerprint density at radius 1 is 1.50 bits per heavy atom. The Hall–Kier alpha value is -1.02. The van der Waals surface area contributed by atoms with Crippen molar-refractivity contribution >= 4 is 0 Å². The summed E-state index contributed by atoms with van der Waals surface area (Å²) in [6, 6.07) is 0. The van der Waals surface area contributed by atoms with E-state index in [0.717, 1.165) is 5.06 Å². The van der Waals surface area contributed by atoms with Crippen LogP contribution in [0.25, 0.3) is 0 Å². The van der Waals surface area contributed by atoms with Crippen LogP contribution in [0, 0.1) is 0 Å². The number of likely N-dealkylation sites (N-methyl/N-ethyl adjacent to an activating group) is 1. The topological polar surface area (TPSA) is 23.5 Å². The van der Waals surface area contributed by atoms with Crippen molar-refractivity contribution in [2.45, 2.75) is 6.92 Å². The largest absolute Gasteiger partial charge is 0.289 e. The van der Waals surface area contributed by atoms with Crippen molar-refractivity contribution in [3.05, 3.63) is 36.6 Å².